The minimum atomic E-state index is -0.521. The molecule has 1 saturated heterocycles. The van der Waals surface area contributed by atoms with Crippen LogP contribution in [-0.2, 0) is 4.74 Å². The normalized spacial score (nSPS) is 16.3. The fourth-order valence-electron chi connectivity index (χ4n) is 2.78. The average molecular weight is 421 g/mol. The molecule has 2 aromatic rings. The smallest absolute Gasteiger partial charge is 0.255 e. The van der Waals surface area contributed by atoms with E-state index < -0.39 is 11.7 Å². The van der Waals surface area contributed by atoms with E-state index >= 15 is 0 Å². The molecule has 0 bridgehead atoms. The standard InChI is InChI=1S/C19H18BrFN2O3/c20-13-8-12(9-14(21)10-13)18(24)23-17-6-2-1-5-16(17)19(25)22-11-15-4-3-7-26-15/h1-2,5-6,8-10,15H,3-4,7,11H2,(H,22,25)(H,23,24). The number of hydrogen-bond donors (Lipinski definition) is 2. The van der Waals surface area contributed by atoms with Crippen molar-refractivity contribution >= 4 is 33.4 Å². The van der Waals surface area contributed by atoms with Gasteiger partial charge in [-0.05, 0) is 43.2 Å². The van der Waals surface area contributed by atoms with Gasteiger partial charge in [0.25, 0.3) is 11.8 Å². The zero-order valence-electron chi connectivity index (χ0n) is 13.9. The molecule has 1 aliphatic heterocycles. The minimum absolute atomic E-state index is 0.0327. The SMILES string of the molecule is O=C(Nc1ccccc1C(=O)NCC1CCCO1)c1cc(F)cc(Br)c1. The van der Waals surface area contributed by atoms with E-state index in [1.807, 2.05) is 0 Å². The summed E-state index contributed by atoms with van der Waals surface area (Å²) in [5.41, 5.74) is 0.864. The van der Waals surface area contributed by atoms with Crippen molar-refractivity contribution in [2.75, 3.05) is 18.5 Å². The maximum atomic E-state index is 13.5. The Morgan fingerprint density at radius 3 is 2.73 bits per heavy atom. The predicted molar refractivity (Wildman–Crippen MR) is 99.8 cm³/mol. The summed E-state index contributed by atoms with van der Waals surface area (Å²) in [6.45, 7) is 1.15. The van der Waals surface area contributed by atoms with Crippen LogP contribution in [0.25, 0.3) is 0 Å². The zero-order chi connectivity index (χ0) is 18.5. The Morgan fingerprint density at radius 1 is 1.19 bits per heavy atom. The van der Waals surface area contributed by atoms with E-state index in [-0.39, 0.29) is 17.6 Å². The molecule has 0 aliphatic carbocycles. The Morgan fingerprint density at radius 2 is 2.00 bits per heavy atom. The van der Waals surface area contributed by atoms with Crippen molar-refractivity contribution in [1.29, 1.82) is 0 Å². The molecule has 0 aromatic heterocycles. The average Bonchev–Trinajstić information content (AvgIpc) is 3.13. The van der Waals surface area contributed by atoms with E-state index in [1.54, 1.807) is 24.3 Å². The van der Waals surface area contributed by atoms with Crippen LogP contribution >= 0.6 is 15.9 Å². The lowest BCUT2D eigenvalue weighted by Crippen LogP contribution is -2.32. The Kier molecular flexibility index (Phi) is 6.00. The highest BCUT2D eigenvalue weighted by Crippen LogP contribution is 2.19. The van der Waals surface area contributed by atoms with Gasteiger partial charge in [-0.2, -0.15) is 0 Å². The molecule has 7 heteroatoms. The molecular formula is C19H18BrFN2O3. The summed E-state index contributed by atoms with van der Waals surface area (Å²) in [5, 5.41) is 5.50. The van der Waals surface area contributed by atoms with Crippen molar-refractivity contribution in [2.45, 2.75) is 18.9 Å². The molecule has 0 spiro atoms. The van der Waals surface area contributed by atoms with Gasteiger partial charge in [-0.1, -0.05) is 28.1 Å². The number of carbonyl (C=O) groups is 2. The molecular weight excluding hydrogens is 403 g/mol. The monoisotopic (exact) mass is 420 g/mol. The van der Waals surface area contributed by atoms with Crippen molar-refractivity contribution in [3.8, 4) is 0 Å². The molecule has 0 saturated carbocycles. The van der Waals surface area contributed by atoms with Crippen LogP contribution in [0.2, 0.25) is 0 Å². The quantitative estimate of drug-likeness (QED) is 0.773. The number of hydrogen-bond acceptors (Lipinski definition) is 3. The maximum absolute atomic E-state index is 13.5. The summed E-state index contributed by atoms with van der Waals surface area (Å²) < 4.78 is 19.4. The molecule has 0 radical (unpaired) electrons. The van der Waals surface area contributed by atoms with Gasteiger partial charge in [-0.3, -0.25) is 9.59 Å². The number of nitrogens with one attached hydrogen (secondary N) is 2. The van der Waals surface area contributed by atoms with Crippen LogP contribution in [0.4, 0.5) is 10.1 Å². The zero-order valence-corrected chi connectivity index (χ0v) is 15.5. The summed E-state index contributed by atoms with van der Waals surface area (Å²) in [5.74, 6) is -1.31. The van der Waals surface area contributed by atoms with Gasteiger partial charge in [0.1, 0.15) is 5.82 Å². The number of anilines is 1. The highest BCUT2D eigenvalue weighted by atomic mass is 79.9. The predicted octanol–water partition coefficient (Wildman–Crippen LogP) is 3.75. The second-order valence-electron chi connectivity index (χ2n) is 6.00. The number of rotatable bonds is 5. The second-order valence-corrected chi connectivity index (χ2v) is 6.92. The number of halogens is 2. The first-order valence-corrected chi connectivity index (χ1v) is 9.08. The number of amides is 2. The van der Waals surface area contributed by atoms with Crippen LogP contribution in [0.3, 0.4) is 0 Å². The Hall–Kier alpha value is -2.25. The molecule has 1 heterocycles. The molecule has 1 aliphatic rings. The fourth-order valence-corrected chi connectivity index (χ4v) is 3.24. The maximum Gasteiger partial charge on any atom is 0.255 e. The first-order chi connectivity index (χ1) is 12.5. The molecule has 5 nitrogen and oxygen atoms in total. The van der Waals surface area contributed by atoms with Gasteiger partial charge in [0.05, 0.1) is 17.4 Å². The van der Waals surface area contributed by atoms with Crippen LogP contribution in [0.5, 0.6) is 0 Å². The molecule has 136 valence electrons. The third-order valence-corrected chi connectivity index (χ3v) is 4.52. The van der Waals surface area contributed by atoms with Crippen LogP contribution in [0.1, 0.15) is 33.6 Å². The van der Waals surface area contributed by atoms with E-state index in [9.17, 15) is 14.0 Å². The van der Waals surface area contributed by atoms with Crippen molar-refractivity contribution in [2.24, 2.45) is 0 Å². The molecule has 2 N–H and O–H groups in total. The van der Waals surface area contributed by atoms with Crippen molar-refractivity contribution in [3.05, 3.63) is 63.9 Å². The van der Waals surface area contributed by atoms with Crippen molar-refractivity contribution < 1.29 is 18.7 Å². The summed E-state index contributed by atoms with van der Waals surface area (Å²) in [6, 6.07) is 10.6. The molecule has 2 aromatic carbocycles. The third kappa shape index (κ3) is 4.68. The van der Waals surface area contributed by atoms with E-state index in [1.165, 1.54) is 12.1 Å². The van der Waals surface area contributed by atoms with Crippen LogP contribution in [-0.4, -0.2) is 31.1 Å². The Balaban J connectivity index is 1.71. The van der Waals surface area contributed by atoms with Crippen LogP contribution in [0, 0.1) is 5.82 Å². The molecule has 1 atom stereocenters. The number of para-hydroxylation sites is 1. The van der Waals surface area contributed by atoms with E-state index in [0.717, 1.165) is 25.5 Å². The van der Waals surface area contributed by atoms with Gasteiger partial charge in [0.15, 0.2) is 0 Å². The van der Waals surface area contributed by atoms with Crippen molar-refractivity contribution in [1.82, 2.24) is 5.32 Å². The molecule has 1 unspecified atom stereocenters. The fraction of sp³-hybridized carbons (Fsp3) is 0.263. The number of ether oxygens (including phenoxy) is 1. The third-order valence-electron chi connectivity index (χ3n) is 4.06. The van der Waals surface area contributed by atoms with Gasteiger partial charge >= 0.3 is 0 Å². The largest absolute Gasteiger partial charge is 0.376 e. The molecule has 2 amide bonds. The minimum Gasteiger partial charge on any atom is -0.376 e. The van der Waals surface area contributed by atoms with Crippen LogP contribution < -0.4 is 10.6 Å². The van der Waals surface area contributed by atoms with Gasteiger partial charge in [-0.25, -0.2) is 4.39 Å². The van der Waals surface area contributed by atoms with E-state index in [0.29, 0.717) is 22.3 Å². The lowest BCUT2D eigenvalue weighted by Gasteiger charge is -2.14. The first-order valence-electron chi connectivity index (χ1n) is 8.29. The lowest BCUT2D eigenvalue weighted by molar-refractivity contribution is 0.0858. The van der Waals surface area contributed by atoms with E-state index in [2.05, 4.69) is 26.6 Å². The highest BCUT2D eigenvalue weighted by Gasteiger charge is 2.19. The highest BCUT2D eigenvalue weighted by molar-refractivity contribution is 9.10. The number of benzene rings is 2. The Labute approximate surface area is 159 Å². The summed E-state index contributed by atoms with van der Waals surface area (Å²) in [7, 11) is 0. The van der Waals surface area contributed by atoms with Crippen molar-refractivity contribution in [3.63, 3.8) is 0 Å². The van der Waals surface area contributed by atoms with Crippen LogP contribution in [0.15, 0.2) is 46.9 Å². The lowest BCUT2D eigenvalue weighted by atomic mass is 10.1. The summed E-state index contributed by atoms with van der Waals surface area (Å²) >= 11 is 3.16. The molecule has 26 heavy (non-hydrogen) atoms. The van der Waals surface area contributed by atoms with Gasteiger partial charge in [0, 0.05) is 23.2 Å². The van der Waals surface area contributed by atoms with Gasteiger partial charge in [-0.15, -0.1) is 0 Å². The van der Waals surface area contributed by atoms with Gasteiger partial charge in [0.2, 0.25) is 0 Å². The molecule has 1 fully saturated rings. The first kappa shape index (κ1) is 18.5. The summed E-state index contributed by atoms with van der Waals surface area (Å²) in [6.07, 6.45) is 1.95. The summed E-state index contributed by atoms with van der Waals surface area (Å²) in [4.78, 5) is 24.9. The molecule has 3 rings (SSSR count). The topological polar surface area (TPSA) is 67.4 Å². The Bertz CT molecular complexity index is 802. The number of carbonyl (C=O) groups excluding carboxylic acids is 2. The van der Waals surface area contributed by atoms with Gasteiger partial charge < -0.3 is 15.4 Å². The second kappa shape index (κ2) is 8.42. The van der Waals surface area contributed by atoms with E-state index in [4.69, 9.17) is 4.74 Å².